The molecular formula is C12H16BrFN2O. The smallest absolute Gasteiger partial charge is 0.241 e. The summed E-state index contributed by atoms with van der Waals surface area (Å²) in [6.45, 7) is 4.09. The molecule has 0 spiro atoms. The molecule has 5 heteroatoms. The highest BCUT2D eigenvalue weighted by Crippen LogP contribution is 2.22. The molecule has 17 heavy (non-hydrogen) atoms. The highest BCUT2D eigenvalue weighted by Gasteiger charge is 2.11. The molecule has 0 saturated carbocycles. The number of carbonyl (C=O) groups excluding carboxylic acids is 1. The number of nitrogens with one attached hydrogen (secondary N) is 1. The molecule has 0 atom stereocenters. The second kappa shape index (κ2) is 6.00. The van der Waals surface area contributed by atoms with Crippen LogP contribution >= 0.6 is 15.9 Å². The molecule has 1 amide bonds. The Balaban J connectivity index is 2.59. The van der Waals surface area contributed by atoms with E-state index in [0.717, 1.165) is 0 Å². The van der Waals surface area contributed by atoms with Crippen molar-refractivity contribution in [1.82, 2.24) is 4.90 Å². The summed E-state index contributed by atoms with van der Waals surface area (Å²) in [7, 11) is 1.76. The van der Waals surface area contributed by atoms with Crippen LogP contribution < -0.4 is 5.32 Å². The first-order valence-corrected chi connectivity index (χ1v) is 6.15. The number of hydrogen-bond acceptors (Lipinski definition) is 2. The minimum atomic E-state index is -0.312. The Hall–Kier alpha value is -1.10. The van der Waals surface area contributed by atoms with Crippen LogP contribution in [0.1, 0.15) is 13.8 Å². The Bertz CT molecular complexity index is 409. The van der Waals surface area contributed by atoms with E-state index in [4.69, 9.17) is 0 Å². The van der Waals surface area contributed by atoms with Gasteiger partial charge in [-0.25, -0.2) is 4.39 Å². The van der Waals surface area contributed by atoms with Gasteiger partial charge in [-0.1, -0.05) is 0 Å². The lowest BCUT2D eigenvalue weighted by atomic mass is 10.3. The quantitative estimate of drug-likeness (QED) is 0.927. The van der Waals surface area contributed by atoms with E-state index in [1.54, 1.807) is 18.0 Å². The predicted molar refractivity (Wildman–Crippen MR) is 70.5 cm³/mol. The summed E-state index contributed by atoms with van der Waals surface area (Å²) >= 11 is 3.24. The average Bonchev–Trinajstić information content (AvgIpc) is 2.26. The zero-order valence-electron chi connectivity index (χ0n) is 10.1. The summed E-state index contributed by atoms with van der Waals surface area (Å²) in [6, 6.07) is 4.48. The van der Waals surface area contributed by atoms with Crippen LogP contribution in [0.4, 0.5) is 10.1 Å². The zero-order valence-corrected chi connectivity index (χ0v) is 11.7. The van der Waals surface area contributed by atoms with Crippen LogP contribution in [0.15, 0.2) is 22.7 Å². The highest BCUT2D eigenvalue weighted by molar-refractivity contribution is 9.10. The lowest BCUT2D eigenvalue weighted by molar-refractivity contribution is -0.129. The third-order valence-corrected chi connectivity index (χ3v) is 3.19. The van der Waals surface area contributed by atoms with Gasteiger partial charge in [0.25, 0.3) is 0 Å². The molecule has 0 aromatic heterocycles. The lowest BCUT2D eigenvalue weighted by Crippen LogP contribution is -2.37. The van der Waals surface area contributed by atoms with Crippen molar-refractivity contribution < 1.29 is 9.18 Å². The normalized spacial score (nSPS) is 10.5. The predicted octanol–water partition coefficient (Wildman–Crippen LogP) is 2.87. The van der Waals surface area contributed by atoms with Crippen LogP contribution in [-0.2, 0) is 4.79 Å². The summed E-state index contributed by atoms with van der Waals surface area (Å²) in [5.74, 6) is -0.315. The lowest BCUT2D eigenvalue weighted by Gasteiger charge is -2.22. The molecule has 3 nitrogen and oxygen atoms in total. The number of hydrogen-bond donors (Lipinski definition) is 1. The second-order valence-corrected chi connectivity index (χ2v) is 4.93. The van der Waals surface area contributed by atoms with Gasteiger partial charge in [-0.2, -0.15) is 0 Å². The van der Waals surface area contributed by atoms with Gasteiger partial charge in [0.1, 0.15) is 5.82 Å². The van der Waals surface area contributed by atoms with Crippen molar-refractivity contribution in [3.8, 4) is 0 Å². The standard InChI is InChI=1S/C12H16BrFN2O/c1-8(2)16(3)12(17)7-15-11-5-4-9(14)6-10(11)13/h4-6,8,15H,7H2,1-3H3. The van der Waals surface area contributed by atoms with E-state index >= 15 is 0 Å². The molecule has 1 rings (SSSR count). The Morgan fingerprint density at radius 1 is 1.53 bits per heavy atom. The number of anilines is 1. The van der Waals surface area contributed by atoms with Crippen LogP contribution in [0, 0.1) is 5.82 Å². The molecular weight excluding hydrogens is 287 g/mol. The molecule has 0 aliphatic heterocycles. The van der Waals surface area contributed by atoms with Gasteiger partial charge >= 0.3 is 0 Å². The van der Waals surface area contributed by atoms with Crippen molar-refractivity contribution >= 4 is 27.5 Å². The van der Waals surface area contributed by atoms with Gasteiger partial charge < -0.3 is 10.2 Å². The van der Waals surface area contributed by atoms with Crippen molar-refractivity contribution in [3.05, 3.63) is 28.5 Å². The molecule has 0 heterocycles. The molecule has 0 radical (unpaired) electrons. The average molecular weight is 303 g/mol. The Labute approximate surface area is 109 Å². The molecule has 0 unspecified atom stereocenters. The minimum Gasteiger partial charge on any atom is -0.375 e. The third-order valence-electron chi connectivity index (χ3n) is 2.53. The Morgan fingerprint density at radius 2 is 2.18 bits per heavy atom. The summed E-state index contributed by atoms with van der Waals surface area (Å²) in [5, 5.41) is 2.97. The van der Waals surface area contributed by atoms with Gasteiger partial charge in [0.05, 0.1) is 6.54 Å². The van der Waals surface area contributed by atoms with E-state index in [0.29, 0.717) is 10.2 Å². The van der Waals surface area contributed by atoms with E-state index in [-0.39, 0.29) is 24.3 Å². The number of carbonyl (C=O) groups is 1. The fourth-order valence-corrected chi connectivity index (χ4v) is 1.71. The first kappa shape index (κ1) is 14.0. The van der Waals surface area contributed by atoms with E-state index in [1.165, 1.54) is 12.1 Å². The third kappa shape index (κ3) is 4.00. The molecule has 0 bridgehead atoms. The van der Waals surface area contributed by atoms with Gasteiger partial charge in [0.2, 0.25) is 5.91 Å². The number of nitrogens with zero attached hydrogens (tertiary/aromatic N) is 1. The summed E-state index contributed by atoms with van der Waals surface area (Å²) in [5.41, 5.74) is 0.705. The van der Waals surface area contributed by atoms with Gasteiger partial charge in [-0.3, -0.25) is 4.79 Å². The molecule has 0 aliphatic rings. The molecule has 0 fully saturated rings. The van der Waals surface area contributed by atoms with Crippen molar-refractivity contribution in [1.29, 1.82) is 0 Å². The molecule has 1 aromatic rings. The van der Waals surface area contributed by atoms with Crippen LogP contribution in [-0.4, -0.2) is 30.4 Å². The number of rotatable bonds is 4. The zero-order chi connectivity index (χ0) is 13.0. The van der Waals surface area contributed by atoms with Crippen molar-refractivity contribution in [3.63, 3.8) is 0 Å². The second-order valence-electron chi connectivity index (χ2n) is 4.08. The fourth-order valence-electron chi connectivity index (χ4n) is 1.22. The van der Waals surface area contributed by atoms with Gasteiger partial charge in [0, 0.05) is 23.2 Å². The summed E-state index contributed by atoms with van der Waals surface area (Å²) in [6.07, 6.45) is 0. The van der Waals surface area contributed by atoms with Gasteiger partial charge in [-0.05, 0) is 48.0 Å². The maximum Gasteiger partial charge on any atom is 0.241 e. The van der Waals surface area contributed by atoms with Crippen LogP contribution in [0.25, 0.3) is 0 Å². The molecule has 1 N–H and O–H groups in total. The van der Waals surface area contributed by atoms with Crippen molar-refractivity contribution in [2.24, 2.45) is 0 Å². The highest BCUT2D eigenvalue weighted by atomic mass is 79.9. The number of amides is 1. The monoisotopic (exact) mass is 302 g/mol. The maximum absolute atomic E-state index is 12.8. The fraction of sp³-hybridized carbons (Fsp3) is 0.417. The molecule has 94 valence electrons. The Morgan fingerprint density at radius 3 is 2.71 bits per heavy atom. The van der Waals surface area contributed by atoms with Gasteiger partial charge in [0.15, 0.2) is 0 Å². The topological polar surface area (TPSA) is 32.3 Å². The maximum atomic E-state index is 12.8. The number of benzene rings is 1. The largest absolute Gasteiger partial charge is 0.375 e. The van der Waals surface area contributed by atoms with E-state index in [2.05, 4.69) is 21.2 Å². The first-order valence-electron chi connectivity index (χ1n) is 5.36. The molecule has 0 saturated heterocycles. The van der Waals surface area contributed by atoms with Crippen LogP contribution in [0.2, 0.25) is 0 Å². The summed E-state index contributed by atoms with van der Waals surface area (Å²) < 4.78 is 13.5. The van der Waals surface area contributed by atoms with Crippen LogP contribution in [0.3, 0.4) is 0 Å². The molecule has 0 aliphatic carbocycles. The molecule has 1 aromatic carbocycles. The number of halogens is 2. The minimum absolute atomic E-state index is 0.00350. The number of likely N-dealkylation sites (N-methyl/N-ethyl adjacent to an activating group) is 1. The van der Waals surface area contributed by atoms with Crippen molar-refractivity contribution in [2.45, 2.75) is 19.9 Å². The van der Waals surface area contributed by atoms with Crippen molar-refractivity contribution in [2.75, 3.05) is 18.9 Å². The van der Waals surface area contributed by atoms with E-state index in [9.17, 15) is 9.18 Å². The van der Waals surface area contributed by atoms with E-state index < -0.39 is 0 Å². The van der Waals surface area contributed by atoms with Crippen LogP contribution in [0.5, 0.6) is 0 Å². The summed E-state index contributed by atoms with van der Waals surface area (Å²) in [4.78, 5) is 13.4. The van der Waals surface area contributed by atoms with E-state index in [1.807, 2.05) is 13.8 Å². The SMILES string of the molecule is CC(C)N(C)C(=O)CNc1ccc(F)cc1Br. The first-order chi connectivity index (χ1) is 7.91. The Kier molecular flexibility index (Phi) is 4.93. The van der Waals surface area contributed by atoms with Gasteiger partial charge in [-0.15, -0.1) is 0 Å².